The molecule has 0 amide bonds. The molecule has 0 saturated heterocycles. The van der Waals surface area contributed by atoms with Gasteiger partial charge in [-0.2, -0.15) is 4.98 Å². The highest BCUT2D eigenvalue weighted by atomic mass is 16.4. The van der Waals surface area contributed by atoms with Crippen molar-refractivity contribution in [2.24, 2.45) is 10.8 Å². The molecule has 6 heteroatoms. The first-order valence-electron chi connectivity index (χ1n) is 5.70. The van der Waals surface area contributed by atoms with Crippen LogP contribution < -0.4 is 5.73 Å². The standard InChI is InChI=1S/C11H18N4O2/c1-10(2)6(7-13-9(12)15-14-7)4-5-11(10,3)8(16)17/h6H,4-5H2,1-3H3,(H,16,17)(H3,12,13,14,15). The van der Waals surface area contributed by atoms with Crippen LogP contribution in [0.4, 0.5) is 5.95 Å². The molecule has 2 rings (SSSR count). The zero-order chi connectivity index (χ0) is 12.8. The van der Waals surface area contributed by atoms with Gasteiger partial charge < -0.3 is 10.8 Å². The Hall–Kier alpha value is -1.59. The number of carboxylic acids is 1. The number of H-pyrrole nitrogens is 1. The molecule has 1 aromatic heterocycles. The number of aliphatic carboxylic acids is 1. The van der Waals surface area contributed by atoms with E-state index in [1.807, 2.05) is 13.8 Å². The molecule has 1 aliphatic rings. The van der Waals surface area contributed by atoms with Gasteiger partial charge in [0.2, 0.25) is 5.95 Å². The molecule has 0 bridgehead atoms. The molecule has 0 aliphatic heterocycles. The zero-order valence-corrected chi connectivity index (χ0v) is 10.3. The molecule has 17 heavy (non-hydrogen) atoms. The van der Waals surface area contributed by atoms with Crippen molar-refractivity contribution < 1.29 is 9.90 Å². The Morgan fingerprint density at radius 1 is 1.53 bits per heavy atom. The van der Waals surface area contributed by atoms with Crippen molar-refractivity contribution in [2.45, 2.75) is 39.5 Å². The molecule has 2 atom stereocenters. The molecule has 1 saturated carbocycles. The lowest BCUT2D eigenvalue weighted by molar-refractivity contribution is -0.153. The molecule has 94 valence electrons. The van der Waals surface area contributed by atoms with Crippen LogP contribution in [0.1, 0.15) is 45.4 Å². The predicted molar refractivity (Wildman–Crippen MR) is 62.3 cm³/mol. The maximum absolute atomic E-state index is 11.5. The second-order valence-electron chi connectivity index (χ2n) is 5.53. The maximum atomic E-state index is 11.5. The van der Waals surface area contributed by atoms with Gasteiger partial charge in [-0.3, -0.25) is 9.89 Å². The number of nitrogens with two attached hydrogens (primary N) is 1. The summed E-state index contributed by atoms with van der Waals surface area (Å²) in [5.74, 6) is 0.197. The number of hydrogen-bond acceptors (Lipinski definition) is 4. The molecular formula is C11H18N4O2. The van der Waals surface area contributed by atoms with Crippen LogP contribution in [0.2, 0.25) is 0 Å². The van der Waals surface area contributed by atoms with Crippen molar-refractivity contribution in [1.29, 1.82) is 0 Å². The lowest BCUT2D eigenvalue weighted by Gasteiger charge is -2.37. The van der Waals surface area contributed by atoms with Crippen LogP contribution in [-0.2, 0) is 4.79 Å². The number of hydrogen-bond donors (Lipinski definition) is 3. The van der Waals surface area contributed by atoms with Crippen LogP contribution in [0.5, 0.6) is 0 Å². The number of aromatic amines is 1. The Kier molecular flexibility index (Phi) is 2.41. The van der Waals surface area contributed by atoms with Crippen LogP contribution in [0.15, 0.2) is 0 Å². The number of carboxylic acid groups (broad SMARTS) is 1. The minimum atomic E-state index is -0.752. The molecule has 1 aliphatic carbocycles. The van der Waals surface area contributed by atoms with Crippen molar-refractivity contribution in [3.05, 3.63) is 5.82 Å². The molecule has 0 radical (unpaired) electrons. The molecular weight excluding hydrogens is 220 g/mol. The van der Waals surface area contributed by atoms with Gasteiger partial charge >= 0.3 is 5.97 Å². The topological polar surface area (TPSA) is 105 Å². The van der Waals surface area contributed by atoms with E-state index < -0.39 is 11.4 Å². The first-order chi connectivity index (χ1) is 7.79. The van der Waals surface area contributed by atoms with E-state index in [1.165, 1.54) is 0 Å². The summed E-state index contributed by atoms with van der Waals surface area (Å²) >= 11 is 0. The normalized spacial score (nSPS) is 31.6. The van der Waals surface area contributed by atoms with Crippen molar-refractivity contribution in [3.8, 4) is 0 Å². The minimum Gasteiger partial charge on any atom is -0.481 e. The fourth-order valence-corrected chi connectivity index (χ4v) is 2.81. The summed E-state index contributed by atoms with van der Waals surface area (Å²) < 4.78 is 0. The number of anilines is 1. The first-order valence-corrected chi connectivity index (χ1v) is 5.70. The Morgan fingerprint density at radius 2 is 2.18 bits per heavy atom. The van der Waals surface area contributed by atoms with E-state index in [9.17, 15) is 9.90 Å². The third-order valence-electron chi connectivity index (χ3n) is 4.55. The van der Waals surface area contributed by atoms with Crippen molar-refractivity contribution in [3.63, 3.8) is 0 Å². The van der Waals surface area contributed by atoms with Crippen molar-refractivity contribution in [1.82, 2.24) is 15.2 Å². The summed E-state index contributed by atoms with van der Waals surface area (Å²) in [5.41, 5.74) is 4.37. The quantitative estimate of drug-likeness (QED) is 0.722. The fraction of sp³-hybridized carbons (Fsp3) is 0.727. The summed E-state index contributed by atoms with van der Waals surface area (Å²) in [5, 5.41) is 16.0. The zero-order valence-electron chi connectivity index (χ0n) is 10.3. The second kappa shape index (κ2) is 3.45. The summed E-state index contributed by atoms with van der Waals surface area (Å²) in [7, 11) is 0. The van der Waals surface area contributed by atoms with E-state index >= 15 is 0 Å². The SMILES string of the molecule is CC1(C(=O)O)CCC(c2nc(N)n[nH]2)C1(C)C. The molecule has 1 heterocycles. The van der Waals surface area contributed by atoms with Gasteiger partial charge in [0.15, 0.2) is 0 Å². The van der Waals surface area contributed by atoms with Crippen molar-refractivity contribution >= 4 is 11.9 Å². The smallest absolute Gasteiger partial charge is 0.309 e. The number of nitrogen functional groups attached to an aromatic ring is 1. The molecule has 1 aromatic rings. The largest absolute Gasteiger partial charge is 0.481 e. The summed E-state index contributed by atoms with van der Waals surface area (Å²) in [4.78, 5) is 15.6. The van der Waals surface area contributed by atoms with E-state index in [4.69, 9.17) is 5.73 Å². The monoisotopic (exact) mass is 238 g/mol. The highest BCUT2D eigenvalue weighted by Crippen LogP contribution is 2.59. The number of carbonyl (C=O) groups is 1. The Balaban J connectivity index is 2.38. The highest BCUT2D eigenvalue weighted by molar-refractivity contribution is 5.76. The van der Waals surface area contributed by atoms with Gasteiger partial charge in [0.25, 0.3) is 0 Å². The van der Waals surface area contributed by atoms with Gasteiger partial charge in [-0.05, 0) is 25.2 Å². The van der Waals surface area contributed by atoms with Gasteiger partial charge in [0.1, 0.15) is 5.82 Å². The van der Waals surface area contributed by atoms with E-state index in [0.29, 0.717) is 12.2 Å². The number of nitrogens with one attached hydrogen (secondary N) is 1. The van der Waals surface area contributed by atoms with Crippen LogP contribution in [0.25, 0.3) is 0 Å². The average molecular weight is 238 g/mol. The first kappa shape index (κ1) is 11.9. The summed E-state index contributed by atoms with van der Waals surface area (Å²) in [6.45, 7) is 5.74. The third-order valence-corrected chi connectivity index (χ3v) is 4.55. The lowest BCUT2D eigenvalue weighted by atomic mass is 9.65. The van der Waals surface area contributed by atoms with E-state index in [2.05, 4.69) is 15.2 Å². The second-order valence-corrected chi connectivity index (χ2v) is 5.53. The molecule has 4 N–H and O–H groups in total. The average Bonchev–Trinajstić information content (AvgIpc) is 2.72. The third kappa shape index (κ3) is 1.50. The molecule has 2 unspecified atom stereocenters. The maximum Gasteiger partial charge on any atom is 0.309 e. The Morgan fingerprint density at radius 3 is 2.59 bits per heavy atom. The molecule has 0 spiro atoms. The van der Waals surface area contributed by atoms with Crippen LogP contribution in [-0.4, -0.2) is 26.3 Å². The Labute approximate surface area is 99.6 Å². The fourth-order valence-electron chi connectivity index (χ4n) is 2.81. The predicted octanol–water partition coefficient (Wildman–Crippen LogP) is 1.38. The minimum absolute atomic E-state index is 0.0494. The number of aromatic nitrogens is 3. The van der Waals surface area contributed by atoms with E-state index in [-0.39, 0.29) is 17.3 Å². The van der Waals surface area contributed by atoms with E-state index in [1.54, 1.807) is 6.92 Å². The Bertz CT molecular complexity index is 454. The van der Waals surface area contributed by atoms with Gasteiger partial charge in [-0.25, -0.2) is 0 Å². The summed E-state index contributed by atoms with van der Waals surface area (Å²) in [6.07, 6.45) is 1.42. The molecule has 1 fully saturated rings. The van der Waals surface area contributed by atoms with Crippen LogP contribution in [0.3, 0.4) is 0 Å². The van der Waals surface area contributed by atoms with Gasteiger partial charge in [0.05, 0.1) is 5.41 Å². The van der Waals surface area contributed by atoms with Crippen LogP contribution in [0, 0.1) is 10.8 Å². The molecule has 6 nitrogen and oxygen atoms in total. The number of nitrogens with zero attached hydrogens (tertiary/aromatic N) is 2. The number of rotatable bonds is 2. The molecule has 0 aromatic carbocycles. The van der Waals surface area contributed by atoms with Crippen molar-refractivity contribution in [2.75, 3.05) is 5.73 Å². The van der Waals surface area contributed by atoms with Crippen LogP contribution >= 0.6 is 0 Å². The lowest BCUT2D eigenvalue weighted by Crippen LogP contribution is -2.40. The van der Waals surface area contributed by atoms with Gasteiger partial charge in [0, 0.05) is 5.92 Å². The van der Waals surface area contributed by atoms with Gasteiger partial charge in [-0.15, -0.1) is 5.10 Å². The van der Waals surface area contributed by atoms with E-state index in [0.717, 1.165) is 6.42 Å². The highest BCUT2D eigenvalue weighted by Gasteiger charge is 2.57. The summed E-state index contributed by atoms with van der Waals surface area (Å²) in [6, 6.07) is 0. The van der Waals surface area contributed by atoms with Gasteiger partial charge in [-0.1, -0.05) is 13.8 Å².